The largest absolute Gasteiger partial charge is 0.346 e. The van der Waals surface area contributed by atoms with Gasteiger partial charge in [0.15, 0.2) is 5.82 Å². The molecule has 1 aromatic carbocycles. The van der Waals surface area contributed by atoms with E-state index in [0.29, 0.717) is 17.4 Å². The summed E-state index contributed by atoms with van der Waals surface area (Å²) >= 11 is 1.49. The van der Waals surface area contributed by atoms with Gasteiger partial charge in [0.25, 0.3) is 5.91 Å². The van der Waals surface area contributed by atoms with Crippen molar-refractivity contribution in [1.29, 1.82) is 0 Å². The second-order valence-corrected chi connectivity index (χ2v) is 7.63. The van der Waals surface area contributed by atoms with Crippen LogP contribution in [0.5, 0.6) is 0 Å². The van der Waals surface area contributed by atoms with Crippen molar-refractivity contribution >= 4 is 29.7 Å². The van der Waals surface area contributed by atoms with Gasteiger partial charge in [0.1, 0.15) is 5.82 Å². The molecule has 0 bridgehead atoms. The number of amides is 1. The Morgan fingerprint density at radius 1 is 1.36 bits per heavy atom. The van der Waals surface area contributed by atoms with Crippen LogP contribution >= 0.6 is 23.7 Å². The number of benzene rings is 1. The second-order valence-electron chi connectivity index (χ2n) is 6.68. The van der Waals surface area contributed by atoms with Crippen molar-refractivity contribution in [3.63, 3.8) is 0 Å². The number of carbonyl (C=O) groups is 1. The molecule has 2 aromatic heterocycles. The number of rotatable bonds is 4. The smallest absolute Gasteiger partial charge is 0.291 e. The maximum atomic E-state index is 13.7. The molecule has 1 aliphatic heterocycles. The van der Waals surface area contributed by atoms with E-state index in [1.54, 1.807) is 12.1 Å². The topological polar surface area (TPSA) is 71.8 Å². The fraction of sp³-hybridized carbons (Fsp3) is 0.316. The minimum atomic E-state index is -0.366. The second kappa shape index (κ2) is 8.81. The van der Waals surface area contributed by atoms with E-state index in [2.05, 4.69) is 27.6 Å². The summed E-state index contributed by atoms with van der Waals surface area (Å²) in [5.41, 5.74) is 0.528. The number of aromatic nitrogens is 3. The number of nitrogens with zero attached hydrogens (tertiary/aromatic N) is 3. The summed E-state index contributed by atoms with van der Waals surface area (Å²) in [6.45, 7) is 3.85. The van der Waals surface area contributed by atoms with Crippen molar-refractivity contribution in [2.24, 2.45) is 5.92 Å². The average Bonchev–Trinajstić information content (AvgIpc) is 3.33. The van der Waals surface area contributed by atoms with Crippen LogP contribution in [-0.2, 0) is 0 Å². The van der Waals surface area contributed by atoms with Gasteiger partial charge in [-0.05, 0) is 55.1 Å². The van der Waals surface area contributed by atoms with E-state index in [1.165, 1.54) is 28.2 Å². The molecule has 0 aliphatic carbocycles. The van der Waals surface area contributed by atoms with E-state index in [-0.39, 0.29) is 36.0 Å². The SMILES string of the molecule is CC1CNCCC1NC(=O)c1nc(-c2cccs2)n(-c2cccc(F)c2)n1.Cl. The highest BCUT2D eigenvalue weighted by Crippen LogP contribution is 2.26. The van der Waals surface area contributed by atoms with Gasteiger partial charge in [-0.3, -0.25) is 4.79 Å². The predicted octanol–water partition coefficient (Wildman–Crippen LogP) is 3.28. The minimum Gasteiger partial charge on any atom is -0.346 e. The van der Waals surface area contributed by atoms with Crippen LogP contribution in [-0.4, -0.2) is 39.8 Å². The molecule has 1 aliphatic rings. The van der Waals surface area contributed by atoms with Gasteiger partial charge in [0, 0.05) is 6.04 Å². The lowest BCUT2D eigenvalue weighted by molar-refractivity contribution is 0.0903. The van der Waals surface area contributed by atoms with Crippen LogP contribution in [0.4, 0.5) is 4.39 Å². The maximum absolute atomic E-state index is 13.7. The normalized spacial score (nSPS) is 19.1. The quantitative estimate of drug-likeness (QED) is 0.678. The lowest BCUT2D eigenvalue weighted by Crippen LogP contribution is -2.48. The first-order valence-electron chi connectivity index (χ1n) is 8.90. The number of hydrogen-bond donors (Lipinski definition) is 2. The van der Waals surface area contributed by atoms with Crippen molar-refractivity contribution in [3.8, 4) is 16.4 Å². The van der Waals surface area contributed by atoms with Gasteiger partial charge in [-0.2, -0.15) is 0 Å². The highest BCUT2D eigenvalue weighted by atomic mass is 35.5. The van der Waals surface area contributed by atoms with Crippen molar-refractivity contribution in [1.82, 2.24) is 25.4 Å². The van der Waals surface area contributed by atoms with Gasteiger partial charge in [-0.15, -0.1) is 28.8 Å². The van der Waals surface area contributed by atoms with Crippen LogP contribution in [0.1, 0.15) is 24.0 Å². The Morgan fingerprint density at radius 3 is 2.93 bits per heavy atom. The molecular weight excluding hydrogens is 401 g/mol. The first kappa shape index (κ1) is 20.4. The molecule has 1 amide bonds. The van der Waals surface area contributed by atoms with E-state index in [1.807, 2.05) is 17.5 Å². The van der Waals surface area contributed by atoms with E-state index in [9.17, 15) is 9.18 Å². The zero-order valence-corrected chi connectivity index (χ0v) is 16.9. The van der Waals surface area contributed by atoms with E-state index in [4.69, 9.17) is 0 Å². The minimum absolute atomic E-state index is 0. The summed E-state index contributed by atoms with van der Waals surface area (Å²) in [5, 5.41) is 12.7. The van der Waals surface area contributed by atoms with Gasteiger partial charge in [-0.1, -0.05) is 19.1 Å². The van der Waals surface area contributed by atoms with Crippen molar-refractivity contribution < 1.29 is 9.18 Å². The monoisotopic (exact) mass is 421 g/mol. The Balaban J connectivity index is 0.00000225. The van der Waals surface area contributed by atoms with Gasteiger partial charge in [-0.25, -0.2) is 14.1 Å². The molecule has 1 saturated heterocycles. The number of halogens is 2. The third-order valence-corrected chi connectivity index (χ3v) is 5.57. The fourth-order valence-electron chi connectivity index (χ4n) is 3.22. The number of nitrogens with one attached hydrogen (secondary N) is 2. The standard InChI is InChI=1S/C19H20FN5OS.ClH/c1-12-11-21-8-7-15(12)22-19(26)17-23-18(16-6-3-9-27-16)25(24-17)14-5-2-4-13(20)10-14;/h2-6,9-10,12,15,21H,7-8,11H2,1H3,(H,22,26);1H. The molecule has 0 radical (unpaired) electrons. The third kappa shape index (κ3) is 4.24. The van der Waals surface area contributed by atoms with Gasteiger partial charge in [0.2, 0.25) is 5.82 Å². The molecule has 2 atom stereocenters. The van der Waals surface area contributed by atoms with E-state index in [0.717, 1.165) is 24.4 Å². The number of carbonyl (C=O) groups excluding carboxylic acids is 1. The lowest BCUT2D eigenvalue weighted by atomic mass is 9.95. The van der Waals surface area contributed by atoms with Crippen molar-refractivity contribution in [3.05, 3.63) is 53.4 Å². The summed E-state index contributed by atoms with van der Waals surface area (Å²) in [6.07, 6.45) is 0.870. The first-order valence-corrected chi connectivity index (χ1v) is 9.78. The Morgan fingerprint density at radius 2 is 2.21 bits per heavy atom. The van der Waals surface area contributed by atoms with Crippen molar-refractivity contribution in [2.75, 3.05) is 13.1 Å². The van der Waals surface area contributed by atoms with E-state index < -0.39 is 0 Å². The molecule has 9 heteroatoms. The molecule has 0 saturated carbocycles. The van der Waals surface area contributed by atoms with Gasteiger partial charge in [0.05, 0.1) is 10.6 Å². The zero-order chi connectivity index (χ0) is 18.8. The number of piperidine rings is 1. The van der Waals surface area contributed by atoms with Gasteiger partial charge >= 0.3 is 0 Å². The number of thiophene rings is 1. The molecule has 0 spiro atoms. The first-order chi connectivity index (χ1) is 13.1. The van der Waals surface area contributed by atoms with Crippen LogP contribution in [0.25, 0.3) is 16.4 Å². The average molecular weight is 422 g/mol. The van der Waals surface area contributed by atoms with Crippen LogP contribution in [0.15, 0.2) is 41.8 Å². The summed E-state index contributed by atoms with van der Waals surface area (Å²) in [4.78, 5) is 18.1. The third-order valence-electron chi connectivity index (χ3n) is 4.71. The van der Waals surface area contributed by atoms with Crippen LogP contribution in [0.3, 0.4) is 0 Å². The molecule has 2 unspecified atom stereocenters. The highest BCUT2D eigenvalue weighted by molar-refractivity contribution is 7.13. The van der Waals surface area contributed by atoms with Gasteiger partial charge < -0.3 is 10.6 Å². The number of hydrogen-bond acceptors (Lipinski definition) is 5. The lowest BCUT2D eigenvalue weighted by Gasteiger charge is -2.29. The molecule has 6 nitrogen and oxygen atoms in total. The Hall–Kier alpha value is -2.29. The summed E-state index contributed by atoms with van der Waals surface area (Å²) in [5.74, 6) is 0.286. The van der Waals surface area contributed by atoms with Crippen LogP contribution < -0.4 is 10.6 Å². The Labute approximate surface area is 172 Å². The molecule has 3 heterocycles. The molecule has 4 rings (SSSR count). The molecule has 3 aromatic rings. The summed E-state index contributed by atoms with van der Waals surface area (Å²) < 4.78 is 15.2. The molecule has 148 valence electrons. The Bertz CT molecular complexity index is 946. The summed E-state index contributed by atoms with van der Waals surface area (Å²) in [6, 6.07) is 10.00. The zero-order valence-electron chi connectivity index (χ0n) is 15.3. The highest BCUT2D eigenvalue weighted by Gasteiger charge is 2.26. The molecular formula is C19H21ClFN5OS. The maximum Gasteiger partial charge on any atom is 0.291 e. The molecule has 2 N–H and O–H groups in total. The Kier molecular flexibility index (Phi) is 6.43. The van der Waals surface area contributed by atoms with Crippen LogP contribution in [0.2, 0.25) is 0 Å². The molecule has 28 heavy (non-hydrogen) atoms. The predicted molar refractivity (Wildman–Crippen MR) is 110 cm³/mol. The van der Waals surface area contributed by atoms with Crippen LogP contribution in [0, 0.1) is 11.7 Å². The van der Waals surface area contributed by atoms with E-state index >= 15 is 0 Å². The fourth-order valence-corrected chi connectivity index (χ4v) is 3.92. The van der Waals surface area contributed by atoms with Crippen molar-refractivity contribution in [2.45, 2.75) is 19.4 Å². The molecule has 1 fully saturated rings. The summed E-state index contributed by atoms with van der Waals surface area (Å²) in [7, 11) is 0.